The van der Waals surface area contributed by atoms with E-state index in [2.05, 4.69) is 22.2 Å². The average molecular weight is 281 g/mol. The highest BCUT2D eigenvalue weighted by Crippen LogP contribution is 2.37. The van der Waals surface area contributed by atoms with E-state index in [9.17, 15) is 5.11 Å². The van der Waals surface area contributed by atoms with Gasteiger partial charge >= 0.3 is 0 Å². The lowest BCUT2D eigenvalue weighted by Crippen LogP contribution is -2.52. The van der Waals surface area contributed by atoms with Crippen molar-refractivity contribution in [3.8, 4) is 0 Å². The van der Waals surface area contributed by atoms with Gasteiger partial charge in [0.05, 0.1) is 12.8 Å². The zero-order valence-corrected chi connectivity index (χ0v) is 12.3. The largest absolute Gasteiger partial charge is 0.394 e. The van der Waals surface area contributed by atoms with Gasteiger partial charge < -0.3 is 10.4 Å². The smallest absolute Gasteiger partial charge is 0.115 e. The number of aliphatic hydroxyl groups is 1. The predicted molar refractivity (Wildman–Crippen MR) is 78.3 cm³/mol. The minimum absolute atomic E-state index is 0.0892. The van der Waals surface area contributed by atoms with E-state index >= 15 is 0 Å². The molecule has 0 amide bonds. The average Bonchev–Trinajstić information content (AvgIpc) is 2.46. The van der Waals surface area contributed by atoms with Crippen LogP contribution in [0.5, 0.6) is 0 Å². The molecule has 2 unspecified atom stereocenters. The summed E-state index contributed by atoms with van der Waals surface area (Å²) in [5.41, 5.74) is -0.0892. The molecule has 0 bridgehead atoms. The van der Waals surface area contributed by atoms with Crippen LogP contribution >= 0.6 is 11.8 Å². The van der Waals surface area contributed by atoms with Crippen molar-refractivity contribution in [2.75, 3.05) is 13.2 Å². The maximum absolute atomic E-state index is 9.75. The number of aliphatic hydroxyl groups excluding tert-OH is 1. The number of aromatic nitrogens is 2. The first-order valence-electron chi connectivity index (χ1n) is 7.06. The molecule has 1 aromatic heterocycles. The normalized spacial score (nSPS) is 27.4. The second-order valence-corrected chi connectivity index (χ2v) is 6.57. The fourth-order valence-corrected chi connectivity index (χ4v) is 3.95. The lowest BCUT2D eigenvalue weighted by Gasteiger charge is -2.40. The molecular weight excluding hydrogens is 258 g/mol. The first-order chi connectivity index (χ1) is 9.28. The Bertz CT molecular complexity index is 376. The van der Waals surface area contributed by atoms with Crippen LogP contribution in [0.4, 0.5) is 0 Å². The third-order valence-electron chi connectivity index (χ3n) is 3.68. The Labute approximate surface area is 119 Å². The van der Waals surface area contributed by atoms with E-state index in [0.29, 0.717) is 5.25 Å². The molecule has 0 saturated heterocycles. The van der Waals surface area contributed by atoms with Crippen LogP contribution in [0.2, 0.25) is 0 Å². The summed E-state index contributed by atoms with van der Waals surface area (Å²) in [4.78, 5) is 8.43. The van der Waals surface area contributed by atoms with Gasteiger partial charge in [0, 0.05) is 23.2 Å². The Morgan fingerprint density at radius 3 is 3.11 bits per heavy atom. The topological polar surface area (TPSA) is 58.0 Å². The Balaban J connectivity index is 1.95. The van der Waals surface area contributed by atoms with Crippen LogP contribution in [-0.2, 0) is 0 Å². The van der Waals surface area contributed by atoms with Crippen molar-refractivity contribution < 1.29 is 5.11 Å². The molecule has 19 heavy (non-hydrogen) atoms. The van der Waals surface area contributed by atoms with Crippen molar-refractivity contribution in [1.82, 2.24) is 15.3 Å². The first-order valence-corrected chi connectivity index (χ1v) is 7.94. The molecule has 4 nitrogen and oxygen atoms in total. The van der Waals surface area contributed by atoms with Crippen molar-refractivity contribution in [1.29, 1.82) is 0 Å². The van der Waals surface area contributed by atoms with E-state index in [1.54, 1.807) is 24.2 Å². The molecule has 0 aliphatic heterocycles. The maximum Gasteiger partial charge on any atom is 0.115 e. The highest BCUT2D eigenvalue weighted by molar-refractivity contribution is 7.99. The van der Waals surface area contributed by atoms with Gasteiger partial charge in [0.2, 0.25) is 0 Å². The summed E-state index contributed by atoms with van der Waals surface area (Å²) in [6.07, 6.45) is 10.8. The van der Waals surface area contributed by atoms with Gasteiger partial charge in [-0.3, -0.25) is 4.98 Å². The van der Waals surface area contributed by atoms with Crippen LogP contribution < -0.4 is 5.32 Å². The molecule has 0 aromatic carbocycles. The molecule has 0 radical (unpaired) electrons. The number of rotatable bonds is 6. The van der Waals surface area contributed by atoms with Crippen LogP contribution in [0, 0.1) is 0 Å². The van der Waals surface area contributed by atoms with E-state index < -0.39 is 0 Å². The zero-order chi connectivity index (χ0) is 13.6. The number of hydrogen-bond acceptors (Lipinski definition) is 5. The molecule has 1 fully saturated rings. The van der Waals surface area contributed by atoms with Crippen molar-refractivity contribution in [2.24, 2.45) is 0 Å². The second-order valence-electron chi connectivity index (χ2n) is 5.25. The highest BCUT2D eigenvalue weighted by Gasteiger charge is 2.35. The van der Waals surface area contributed by atoms with Crippen LogP contribution in [0.3, 0.4) is 0 Å². The molecule has 1 heterocycles. The van der Waals surface area contributed by atoms with Gasteiger partial charge in [-0.1, -0.05) is 13.3 Å². The second kappa shape index (κ2) is 7.22. The van der Waals surface area contributed by atoms with E-state index in [1.807, 2.05) is 6.20 Å². The number of nitrogens with one attached hydrogen (secondary N) is 1. The molecule has 106 valence electrons. The van der Waals surface area contributed by atoms with E-state index in [0.717, 1.165) is 37.3 Å². The van der Waals surface area contributed by atoms with E-state index in [4.69, 9.17) is 0 Å². The Morgan fingerprint density at radius 2 is 2.42 bits per heavy atom. The standard InChI is InChI=1S/C14H23N3OS/c1-2-6-17-14(11-18)5-3-4-12(9-14)19-13-10-15-7-8-16-13/h7-8,10,12,17-18H,2-6,9,11H2,1H3. The van der Waals surface area contributed by atoms with Crippen molar-refractivity contribution in [3.63, 3.8) is 0 Å². The van der Waals surface area contributed by atoms with Gasteiger partial charge in [-0.2, -0.15) is 0 Å². The van der Waals surface area contributed by atoms with Gasteiger partial charge in [0.15, 0.2) is 0 Å². The Kier molecular flexibility index (Phi) is 5.60. The third kappa shape index (κ3) is 4.16. The SMILES string of the molecule is CCCNC1(CO)CCCC(Sc2cnccn2)C1. The van der Waals surface area contributed by atoms with E-state index in [-0.39, 0.29) is 12.1 Å². The molecule has 2 N–H and O–H groups in total. The number of nitrogens with zero attached hydrogens (tertiary/aromatic N) is 2. The van der Waals surface area contributed by atoms with Crippen LogP contribution in [0.15, 0.2) is 23.6 Å². The highest BCUT2D eigenvalue weighted by atomic mass is 32.2. The molecule has 1 aromatic rings. The monoisotopic (exact) mass is 281 g/mol. The van der Waals surface area contributed by atoms with Crippen molar-refractivity contribution in [2.45, 2.75) is 54.8 Å². The molecule has 2 atom stereocenters. The van der Waals surface area contributed by atoms with Gasteiger partial charge in [-0.15, -0.1) is 11.8 Å². The summed E-state index contributed by atoms with van der Waals surface area (Å²) in [5.74, 6) is 0. The molecule has 5 heteroatoms. The van der Waals surface area contributed by atoms with Crippen molar-refractivity contribution in [3.05, 3.63) is 18.6 Å². The summed E-state index contributed by atoms with van der Waals surface area (Å²) in [5, 5.41) is 14.8. The fourth-order valence-electron chi connectivity index (χ4n) is 2.68. The number of hydrogen-bond donors (Lipinski definition) is 2. The minimum Gasteiger partial charge on any atom is -0.394 e. The van der Waals surface area contributed by atoms with Crippen LogP contribution in [0.1, 0.15) is 39.0 Å². The lowest BCUT2D eigenvalue weighted by atomic mass is 9.82. The molecule has 1 aliphatic carbocycles. The summed E-state index contributed by atoms with van der Waals surface area (Å²) in [6.45, 7) is 3.36. The molecule has 1 saturated carbocycles. The van der Waals surface area contributed by atoms with Gasteiger partial charge in [0.25, 0.3) is 0 Å². The van der Waals surface area contributed by atoms with Crippen molar-refractivity contribution >= 4 is 11.8 Å². The van der Waals surface area contributed by atoms with Gasteiger partial charge in [-0.25, -0.2) is 4.98 Å². The molecule has 0 spiro atoms. The lowest BCUT2D eigenvalue weighted by molar-refractivity contribution is 0.124. The molecular formula is C14H23N3OS. The van der Waals surface area contributed by atoms with Gasteiger partial charge in [-0.05, 0) is 32.2 Å². The summed E-state index contributed by atoms with van der Waals surface area (Å²) < 4.78 is 0. The molecule has 1 aliphatic rings. The zero-order valence-electron chi connectivity index (χ0n) is 11.5. The third-order valence-corrected chi connectivity index (χ3v) is 4.87. The summed E-state index contributed by atoms with van der Waals surface area (Å²) >= 11 is 1.79. The predicted octanol–water partition coefficient (Wildman–Crippen LogP) is 2.24. The summed E-state index contributed by atoms with van der Waals surface area (Å²) in [6, 6.07) is 0. The summed E-state index contributed by atoms with van der Waals surface area (Å²) in [7, 11) is 0. The van der Waals surface area contributed by atoms with Gasteiger partial charge in [0.1, 0.15) is 5.03 Å². The first kappa shape index (κ1) is 14.8. The Hall–Kier alpha value is -0.650. The number of thioether (sulfide) groups is 1. The Morgan fingerprint density at radius 1 is 1.53 bits per heavy atom. The van der Waals surface area contributed by atoms with E-state index in [1.165, 1.54) is 6.42 Å². The maximum atomic E-state index is 9.75. The fraction of sp³-hybridized carbons (Fsp3) is 0.714. The van der Waals surface area contributed by atoms with Crippen LogP contribution in [0.25, 0.3) is 0 Å². The minimum atomic E-state index is -0.0892. The molecule has 2 rings (SSSR count). The van der Waals surface area contributed by atoms with Crippen LogP contribution in [-0.4, -0.2) is 39.0 Å². The quantitative estimate of drug-likeness (QED) is 0.837.